The fourth-order valence-electron chi connectivity index (χ4n) is 6.26. The summed E-state index contributed by atoms with van der Waals surface area (Å²) in [6.45, 7) is 1.71. The number of benzene rings is 2. The Morgan fingerprint density at radius 3 is 2.53 bits per heavy atom. The molecule has 1 aromatic heterocycles. The van der Waals surface area contributed by atoms with Gasteiger partial charge >= 0.3 is 0 Å². The molecule has 0 unspecified atom stereocenters. The molecule has 2 amide bonds. The minimum atomic E-state index is -0.390. The zero-order valence-corrected chi connectivity index (χ0v) is 20.7. The molecule has 3 aromatic rings. The smallest absolute Gasteiger partial charge is 0.253 e. The van der Waals surface area contributed by atoms with Crippen LogP contribution in [0, 0.1) is 5.92 Å². The number of fused-ring (bicyclic) bond motifs is 4. The summed E-state index contributed by atoms with van der Waals surface area (Å²) in [5.74, 6) is 1.42. The van der Waals surface area contributed by atoms with Gasteiger partial charge in [-0.15, -0.1) is 0 Å². The SMILES string of the molecule is COc1ccc2c3c([nH]c2c1)[C@H](CO)N(C(=O)CC1CC1)CC31CCN(C(=O)c2ccccc2)CC1. The molecule has 2 N–H and O–H groups in total. The van der Waals surface area contributed by atoms with Crippen LogP contribution in [0.5, 0.6) is 5.75 Å². The van der Waals surface area contributed by atoms with Crippen molar-refractivity contribution in [2.75, 3.05) is 33.4 Å². The fourth-order valence-corrected chi connectivity index (χ4v) is 6.26. The van der Waals surface area contributed by atoms with Crippen LogP contribution >= 0.6 is 0 Å². The van der Waals surface area contributed by atoms with Crippen molar-refractivity contribution in [2.45, 2.75) is 43.6 Å². The monoisotopic (exact) mass is 487 g/mol. The number of nitrogens with one attached hydrogen (secondary N) is 1. The molecule has 1 spiro atoms. The number of aromatic nitrogens is 1. The number of amides is 2. The number of hydrogen-bond donors (Lipinski definition) is 2. The third-order valence-corrected chi connectivity index (χ3v) is 8.43. The molecular weight excluding hydrogens is 454 g/mol. The average Bonchev–Trinajstić information content (AvgIpc) is 3.65. The van der Waals surface area contributed by atoms with Crippen LogP contribution in [-0.4, -0.2) is 65.1 Å². The highest BCUT2D eigenvalue weighted by atomic mass is 16.5. The lowest BCUT2D eigenvalue weighted by Gasteiger charge is -2.50. The second-order valence-electron chi connectivity index (χ2n) is 10.6. The molecule has 36 heavy (non-hydrogen) atoms. The average molecular weight is 488 g/mol. The third-order valence-electron chi connectivity index (χ3n) is 8.43. The minimum Gasteiger partial charge on any atom is -0.497 e. The lowest BCUT2D eigenvalue weighted by atomic mass is 9.68. The Kier molecular flexibility index (Phi) is 5.75. The highest BCUT2D eigenvalue weighted by Crippen LogP contribution is 2.49. The van der Waals surface area contributed by atoms with Crippen LogP contribution in [-0.2, 0) is 10.2 Å². The van der Waals surface area contributed by atoms with Crippen molar-refractivity contribution in [3.05, 3.63) is 65.4 Å². The van der Waals surface area contributed by atoms with E-state index >= 15 is 0 Å². The van der Waals surface area contributed by atoms with Crippen molar-refractivity contribution in [3.8, 4) is 5.75 Å². The molecule has 1 aliphatic carbocycles. The predicted octanol–water partition coefficient (Wildman–Crippen LogP) is 4.03. The van der Waals surface area contributed by atoms with E-state index in [9.17, 15) is 14.7 Å². The van der Waals surface area contributed by atoms with Gasteiger partial charge in [0.15, 0.2) is 0 Å². The maximum Gasteiger partial charge on any atom is 0.253 e. The van der Waals surface area contributed by atoms with Crippen LogP contribution in [0.4, 0.5) is 0 Å². The number of nitrogens with zero attached hydrogens (tertiary/aromatic N) is 2. The Morgan fingerprint density at radius 2 is 1.86 bits per heavy atom. The predicted molar refractivity (Wildman–Crippen MR) is 137 cm³/mol. The van der Waals surface area contributed by atoms with E-state index in [2.05, 4.69) is 11.1 Å². The summed E-state index contributed by atoms with van der Waals surface area (Å²) in [6, 6.07) is 15.1. The molecule has 2 fully saturated rings. The number of carbonyl (C=O) groups is 2. The second-order valence-corrected chi connectivity index (χ2v) is 10.6. The van der Waals surface area contributed by atoms with Gasteiger partial charge in [-0.3, -0.25) is 9.59 Å². The van der Waals surface area contributed by atoms with Crippen molar-refractivity contribution >= 4 is 22.7 Å². The molecule has 7 heteroatoms. The summed E-state index contributed by atoms with van der Waals surface area (Å²) < 4.78 is 5.46. The first kappa shape index (κ1) is 23.1. The normalized spacial score (nSPS) is 21.0. The number of methoxy groups -OCH3 is 1. The van der Waals surface area contributed by atoms with Crippen LogP contribution in [0.1, 0.15) is 59.8 Å². The fraction of sp³-hybridized carbons (Fsp3) is 0.448. The van der Waals surface area contributed by atoms with Gasteiger partial charge in [-0.05, 0) is 61.4 Å². The summed E-state index contributed by atoms with van der Waals surface area (Å²) in [4.78, 5) is 34.0. The summed E-state index contributed by atoms with van der Waals surface area (Å²) in [5, 5.41) is 11.6. The van der Waals surface area contributed by atoms with Gasteiger partial charge in [-0.2, -0.15) is 0 Å². The number of ether oxygens (including phenoxy) is 1. The maximum atomic E-state index is 13.4. The molecule has 188 valence electrons. The van der Waals surface area contributed by atoms with Crippen LogP contribution < -0.4 is 4.74 Å². The largest absolute Gasteiger partial charge is 0.497 e. The standard InChI is InChI=1S/C29H33N3O4/c1-36-21-9-10-22-23(16-21)30-27-24(17-33)32(25(34)15-19-7-8-19)18-29(26(22)27)11-13-31(14-12-29)28(35)20-5-3-2-4-6-20/h2-6,9-10,16,19,24,30,33H,7-8,11-15,17-18H2,1H3/t24-/m0/s1. The zero-order valence-electron chi connectivity index (χ0n) is 20.7. The van der Waals surface area contributed by atoms with E-state index in [0.717, 1.165) is 48.0 Å². The Morgan fingerprint density at radius 1 is 1.11 bits per heavy atom. The minimum absolute atomic E-state index is 0.0556. The first-order valence-electron chi connectivity index (χ1n) is 13.0. The van der Waals surface area contributed by atoms with Gasteiger partial charge < -0.3 is 24.6 Å². The summed E-state index contributed by atoms with van der Waals surface area (Å²) in [7, 11) is 1.65. The Bertz CT molecular complexity index is 1290. The van der Waals surface area contributed by atoms with E-state index in [0.29, 0.717) is 37.5 Å². The Hall–Kier alpha value is -3.32. The highest BCUT2D eigenvalue weighted by molar-refractivity contribution is 5.94. The van der Waals surface area contributed by atoms with Gasteiger partial charge in [-0.1, -0.05) is 18.2 Å². The molecule has 6 rings (SSSR count). The van der Waals surface area contributed by atoms with Gasteiger partial charge in [0.25, 0.3) is 5.91 Å². The highest BCUT2D eigenvalue weighted by Gasteiger charge is 2.49. The molecule has 2 aliphatic heterocycles. The molecule has 1 saturated carbocycles. The van der Waals surface area contributed by atoms with Crippen molar-refractivity contribution in [2.24, 2.45) is 5.92 Å². The number of H-pyrrole nitrogens is 1. The summed E-state index contributed by atoms with van der Waals surface area (Å²) in [6.07, 6.45) is 4.31. The zero-order chi connectivity index (χ0) is 24.9. The number of hydrogen-bond acceptors (Lipinski definition) is 4. The second kappa shape index (κ2) is 8.96. The number of aromatic amines is 1. The Labute approximate surface area is 211 Å². The molecule has 7 nitrogen and oxygen atoms in total. The Balaban J connectivity index is 1.38. The summed E-state index contributed by atoms with van der Waals surface area (Å²) >= 11 is 0. The third kappa shape index (κ3) is 3.86. The van der Waals surface area contributed by atoms with E-state index in [-0.39, 0.29) is 29.9 Å². The molecule has 3 heterocycles. The van der Waals surface area contributed by atoms with Crippen LogP contribution in [0.2, 0.25) is 0 Å². The van der Waals surface area contributed by atoms with E-state index in [1.165, 1.54) is 5.56 Å². The number of carbonyl (C=O) groups excluding carboxylic acids is 2. The van der Waals surface area contributed by atoms with Crippen molar-refractivity contribution in [3.63, 3.8) is 0 Å². The number of aliphatic hydroxyl groups is 1. The van der Waals surface area contributed by atoms with E-state index < -0.39 is 0 Å². The molecule has 3 aliphatic rings. The van der Waals surface area contributed by atoms with Gasteiger partial charge in [0, 0.05) is 59.7 Å². The van der Waals surface area contributed by atoms with Crippen LogP contribution in [0.25, 0.3) is 10.9 Å². The van der Waals surface area contributed by atoms with Crippen molar-refractivity contribution < 1.29 is 19.4 Å². The van der Waals surface area contributed by atoms with Crippen LogP contribution in [0.3, 0.4) is 0 Å². The van der Waals surface area contributed by atoms with Crippen LogP contribution in [0.15, 0.2) is 48.5 Å². The maximum absolute atomic E-state index is 13.4. The number of rotatable bonds is 5. The van der Waals surface area contributed by atoms with E-state index in [4.69, 9.17) is 4.74 Å². The quantitative estimate of drug-likeness (QED) is 0.569. The van der Waals surface area contributed by atoms with E-state index in [1.54, 1.807) is 7.11 Å². The van der Waals surface area contributed by atoms with Gasteiger partial charge in [0.05, 0.1) is 19.8 Å². The first-order valence-corrected chi connectivity index (χ1v) is 13.0. The van der Waals surface area contributed by atoms with E-state index in [1.807, 2.05) is 52.3 Å². The molecule has 2 aromatic carbocycles. The van der Waals surface area contributed by atoms with Gasteiger partial charge in [0.1, 0.15) is 5.75 Å². The van der Waals surface area contributed by atoms with Crippen molar-refractivity contribution in [1.82, 2.24) is 14.8 Å². The number of aliphatic hydroxyl groups excluding tert-OH is 1. The molecular formula is C29H33N3O4. The summed E-state index contributed by atoms with van der Waals surface area (Å²) in [5.41, 5.74) is 3.51. The number of likely N-dealkylation sites (tertiary alicyclic amines) is 1. The van der Waals surface area contributed by atoms with Gasteiger partial charge in [0.2, 0.25) is 5.91 Å². The molecule has 0 radical (unpaired) electrons. The van der Waals surface area contributed by atoms with Gasteiger partial charge in [-0.25, -0.2) is 0 Å². The number of piperidine rings is 1. The topological polar surface area (TPSA) is 85.9 Å². The molecule has 0 bridgehead atoms. The molecule has 1 saturated heterocycles. The lowest BCUT2D eigenvalue weighted by Crippen LogP contribution is -2.56. The van der Waals surface area contributed by atoms with Crippen molar-refractivity contribution in [1.29, 1.82) is 0 Å². The lowest BCUT2D eigenvalue weighted by molar-refractivity contribution is -0.137. The first-order chi connectivity index (χ1) is 17.5. The molecule has 1 atom stereocenters.